The molecule has 4 aliphatic rings. The van der Waals surface area contributed by atoms with Gasteiger partial charge in [0.15, 0.2) is 0 Å². The minimum absolute atomic E-state index is 0.00884. The van der Waals surface area contributed by atoms with Crippen molar-refractivity contribution < 1.29 is 14.3 Å². The lowest BCUT2D eigenvalue weighted by Gasteiger charge is -2.36. The molecule has 0 N–H and O–H groups in total. The molecule has 0 atom stereocenters. The first-order valence-corrected chi connectivity index (χ1v) is 16.7. The Morgan fingerprint density at radius 1 is 0.800 bits per heavy atom. The van der Waals surface area contributed by atoms with E-state index in [1.165, 1.54) is 24.0 Å². The predicted octanol–water partition coefficient (Wildman–Crippen LogP) is 5.05. The summed E-state index contributed by atoms with van der Waals surface area (Å²) in [7, 11) is 0. The van der Waals surface area contributed by atoms with E-state index in [2.05, 4.69) is 45.6 Å². The summed E-state index contributed by atoms with van der Waals surface area (Å²) in [6, 6.07) is 18.3. The maximum absolute atomic E-state index is 14.2. The number of nitrogens with zero attached hydrogens (tertiary/aromatic N) is 5. The minimum Gasteiger partial charge on any atom is -0.379 e. The van der Waals surface area contributed by atoms with Gasteiger partial charge in [-0.15, -0.1) is 0 Å². The number of morpholine rings is 1. The Bertz CT molecular complexity index is 1580. The number of piperazine rings is 1. The standard InChI is InChI=1S/C37H45N5O3/c1-28-25-30(11-13-33(28)29-7-3-2-4-8-29)36(43)42-27-32-12-14-35(41(32)26-31-9-5-6-10-34(31)42)37(44)40-19-17-38(18-20-40)15-16-39-21-23-45-24-22-39/h5-7,9-14,25H,2-4,8,15-24,26-27H2,1H3. The lowest BCUT2D eigenvalue weighted by atomic mass is 9.90. The molecule has 1 aromatic heterocycles. The molecule has 0 radical (unpaired) electrons. The van der Waals surface area contributed by atoms with E-state index in [0.29, 0.717) is 24.3 Å². The van der Waals surface area contributed by atoms with Crippen molar-refractivity contribution in [3.63, 3.8) is 0 Å². The number of para-hydroxylation sites is 1. The van der Waals surface area contributed by atoms with E-state index in [4.69, 9.17) is 4.74 Å². The first-order valence-electron chi connectivity index (χ1n) is 16.7. The van der Waals surface area contributed by atoms with E-state index in [1.807, 2.05) is 46.2 Å². The van der Waals surface area contributed by atoms with Crippen LogP contribution in [-0.4, -0.2) is 96.7 Å². The van der Waals surface area contributed by atoms with Gasteiger partial charge in [-0.1, -0.05) is 30.3 Å². The summed E-state index contributed by atoms with van der Waals surface area (Å²) in [6.07, 6.45) is 7.09. The third-order valence-corrected chi connectivity index (χ3v) is 10.1. The van der Waals surface area contributed by atoms with Crippen molar-refractivity contribution in [2.24, 2.45) is 0 Å². The summed E-state index contributed by atoms with van der Waals surface area (Å²) in [5, 5.41) is 0. The summed E-state index contributed by atoms with van der Waals surface area (Å²) in [5.41, 5.74) is 8.16. The molecule has 7 rings (SSSR count). The second-order valence-corrected chi connectivity index (χ2v) is 12.9. The maximum atomic E-state index is 14.2. The normalized spacial score (nSPS) is 19.4. The van der Waals surface area contributed by atoms with E-state index in [-0.39, 0.29) is 11.8 Å². The first-order chi connectivity index (χ1) is 22.0. The van der Waals surface area contributed by atoms with Gasteiger partial charge in [0.2, 0.25) is 0 Å². The number of aromatic nitrogens is 1. The number of anilines is 1. The van der Waals surface area contributed by atoms with Crippen molar-refractivity contribution in [3.05, 3.63) is 94.3 Å². The summed E-state index contributed by atoms with van der Waals surface area (Å²) in [5.74, 6) is 0.0695. The zero-order valence-corrected chi connectivity index (χ0v) is 26.5. The molecule has 4 heterocycles. The van der Waals surface area contributed by atoms with Crippen molar-refractivity contribution in [1.29, 1.82) is 0 Å². The van der Waals surface area contributed by atoms with Gasteiger partial charge in [0.05, 0.1) is 26.3 Å². The second-order valence-electron chi connectivity index (χ2n) is 12.9. The lowest BCUT2D eigenvalue weighted by Crippen LogP contribution is -2.51. The number of carbonyl (C=O) groups is 2. The van der Waals surface area contributed by atoms with E-state index in [9.17, 15) is 9.59 Å². The Labute approximate surface area is 266 Å². The maximum Gasteiger partial charge on any atom is 0.270 e. The number of aryl methyl sites for hydroxylation is 1. The third kappa shape index (κ3) is 6.37. The smallest absolute Gasteiger partial charge is 0.270 e. The highest BCUT2D eigenvalue weighted by molar-refractivity contribution is 6.07. The molecule has 0 unspecified atom stereocenters. The minimum atomic E-state index is -0.00884. The van der Waals surface area contributed by atoms with Crippen LogP contribution in [0, 0.1) is 6.92 Å². The van der Waals surface area contributed by atoms with Crippen LogP contribution >= 0.6 is 0 Å². The van der Waals surface area contributed by atoms with Crippen molar-refractivity contribution in [2.75, 3.05) is 70.5 Å². The van der Waals surface area contributed by atoms with E-state index in [0.717, 1.165) is 101 Å². The Morgan fingerprint density at radius 3 is 2.33 bits per heavy atom. The molecule has 1 aliphatic carbocycles. The van der Waals surface area contributed by atoms with Gasteiger partial charge >= 0.3 is 0 Å². The molecule has 2 fully saturated rings. The van der Waals surface area contributed by atoms with Gasteiger partial charge in [0, 0.05) is 69.3 Å². The van der Waals surface area contributed by atoms with Crippen molar-refractivity contribution in [3.8, 4) is 0 Å². The molecule has 0 bridgehead atoms. The van der Waals surface area contributed by atoms with Crippen LogP contribution in [-0.2, 0) is 17.8 Å². The number of carbonyl (C=O) groups excluding carboxylic acids is 2. The van der Waals surface area contributed by atoms with Crippen LogP contribution in [0.1, 0.15) is 68.9 Å². The molecule has 3 aromatic rings. The molecule has 0 saturated carbocycles. The Kier molecular flexibility index (Phi) is 8.88. The van der Waals surface area contributed by atoms with Crippen LogP contribution in [0.4, 0.5) is 5.69 Å². The molecule has 3 aliphatic heterocycles. The number of rotatable bonds is 6. The third-order valence-electron chi connectivity index (χ3n) is 10.1. The number of amides is 2. The molecule has 2 aromatic carbocycles. The van der Waals surface area contributed by atoms with Crippen molar-refractivity contribution in [1.82, 2.24) is 19.3 Å². The number of hydrogen-bond acceptors (Lipinski definition) is 5. The van der Waals surface area contributed by atoms with Gasteiger partial charge < -0.3 is 19.1 Å². The quantitative estimate of drug-likeness (QED) is 0.393. The molecule has 45 heavy (non-hydrogen) atoms. The highest BCUT2D eigenvalue weighted by atomic mass is 16.5. The van der Waals surface area contributed by atoms with Crippen molar-refractivity contribution >= 4 is 23.1 Å². The number of ether oxygens (including phenoxy) is 1. The molecule has 8 heteroatoms. The molecule has 2 saturated heterocycles. The van der Waals surface area contributed by atoms with Crippen LogP contribution in [0.5, 0.6) is 0 Å². The van der Waals surface area contributed by atoms with Crippen LogP contribution in [0.2, 0.25) is 0 Å². The predicted molar refractivity (Wildman–Crippen MR) is 178 cm³/mol. The van der Waals surface area contributed by atoms with Crippen LogP contribution in [0.15, 0.2) is 60.7 Å². The molecular weight excluding hydrogens is 562 g/mol. The summed E-state index contributed by atoms with van der Waals surface area (Å²) < 4.78 is 7.60. The lowest BCUT2D eigenvalue weighted by molar-refractivity contribution is 0.0292. The van der Waals surface area contributed by atoms with Gasteiger partial charge in [-0.3, -0.25) is 19.4 Å². The van der Waals surface area contributed by atoms with E-state index in [1.54, 1.807) is 0 Å². The Morgan fingerprint density at radius 2 is 1.58 bits per heavy atom. The number of fused-ring (bicyclic) bond motifs is 2. The SMILES string of the molecule is Cc1cc(C(=O)N2Cc3ccc(C(=O)N4CCN(CCN5CCOCC5)CC4)n3Cc3ccccc32)ccc1C1=CCCCC1. The average molecular weight is 608 g/mol. The molecule has 8 nitrogen and oxygen atoms in total. The fourth-order valence-corrected chi connectivity index (χ4v) is 7.37. The van der Waals surface area contributed by atoms with Gasteiger partial charge in [-0.25, -0.2) is 0 Å². The van der Waals surface area contributed by atoms with Crippen LogP contribution in [0.25, 0.3) is 5.57 Å². The van der Waals surface area contributed by atoms with E-state index < -0.39 is 0 Å². The van der Waals surface area contributed by atoms with Crippen LogP contribution < -0.4 is 4.90 Å². The monoisotopic (exact) mass is 607 g/mol. The zero-order valence-electron chi connectivity index (χ0n) is 26.5. The summed E-state index contributed by atoms with van der Waals surface area (Å²) in [4.78, 5) is 36.9. The topological polar surface area (TPSA) is 61.3 Å². The second kappa shape index (κ2) is 13.3. The average Bonchev–Trinajstić information content (AvgIpc) is 3.40. The van der Waals surface area contributed by atoms with Gasteiger partial charge in [-0.2, -0.15) is 0 Å². The Hall–Kier alpha value is -3.72. The van der Waals surface area contributed by atoms with Crippen LogP contribution in [0.3, 0.4) is 0 Å². The summed E-state index contributed by atoms with van der Waals surface area (Å²) >= 11 is 0. The van der Waals surface area contributed by atoms with Gasteiger partial charge in [0.25, 0.3) is 11.8 Å². The van der Waals surface area contributed by atoms with Crippen molar-refractivity contribution in [2.45, 2.75) is 45.7 Å². The molecular formula is C37H45N5O3. The number of hydrogen-bond donors (Lipinski definition) is 0. The van der Waals surface area contributed by atoms with E-state index >= 15 is 0 Å². The molecule has 0 spiro atoms. The highest BCUT2D eigenvalue weighted by Gasteiger charge is 2.30. The molecule has 236 valence electrons. The largest absolute Gasteiger partial charge is 0.379 e. The molecule has 2 amide bonds. The Balaban J connectivity index is 1.07. The fourth-order valence-electron chi connectivity index (χ4n) is 7.37. The van der Waals surface area contributed by atoms with Gasteiger partial charge in [-0.05, 0) is 85.2 Å². The highest BCUT2D eigenvalue weighted by Crippen LogP contribution is 2.33. The van der Waals surface area contributed by atoms with Gasteiger partial charge in [0.1, 0.15) is 5.69 Å². The number of allylic oxidation sites excluding steroid dienone is 2. The first kappa shape index (κ1) is 30.0. The zero-order chi connectivity index (χ0) is 30.8. The number of benzene rings is 2. The fraction of sp³-hybridized carbons (Fsp3) is 0.459. The summed E-state index contributed by atoms with van der Waals surface area (Å²) in [6.45, 7) is 12.1.